The average molecular weight is 402 g/mol. The molecule has 30 heavy (non-hydrogen) atoms. The number of nitrogens with one attached hydrogen (secondary N) is 1. The van der Waals surface area contributed by atoms with E-state index in [1.54, 1.807) is 35.1 Å². The average Bonchev–Trinajstić information content (AvgIpc) is 3.40. The van der Waals surface area contributed by atoms with Crippen LogP contribution in [0.4, 0.5) is 5.69 Å². The van der Waals surface area contributed by atoms with Gasteiger partial charge in [0.1, 0.15) is 17.2 Å². The van der Waals surface area contributed by atoms with Crippen LogP contribution in [0.25, 0.3) is 11.5 Å². The fourth-order valence-electron chi connectivity index (χ4n) is 3.01. The number of aromatic nitrogens is 3. The predicted molar refractivity (Wildman–Crippen MR) is 114 cm³/mol. The van der Waals surface area contributed by atoms with Gasteiger partial charge >= 0.3 is 0 Å². The Labute approximate surface area is 174 Å². The first-order valence-corrected chi connectivity index (χ1v) is 9.71. The van der Waals surface area contributed by atoms with Crippen molar-refractivity contribution in [3.8, 4) is 17.2 Å². The molecule has 2 aromatic heterocycles. The SMILES string of the molecule is CCOc1ccc(C(=O)Nc2ccc(-c3nc(Cn4cccn4)c(C)o3)cc2)cc1. The van der Waals surface area contributed by atoms with Crippen molar-refractivity contribution < 1.29 is 13.9 Å². The zero-order valence-corrected chi connectivity index (χ0v) is 16.8. The molecule has 1 N–H and O–H groups in total. The molecule has 0 bridgehead atoms. The summed E-state index contributed by atoms with van der Waals surface area (Å²) >= 11 is 0. The molecule has 0 aliphatic heterocycles. The van der Waals surface area contributed by atoms with Crippen molar-refractivity contribution in [1.82, 2.24) is 14.8 Å². The van der Waals surface area contributed by atoms with Crippen molar-refractivity contribution in [3.05, 3.63) is 84.0 Å². The topological polar surface area (TPSA) is 82.2 Å². The molecule has 0 saturated heterocycles. The van der Waals surface area contributed by atoms with Gasteiger partial charge < -0.3 is 14.5 Å². The molecule has 0 fully saturated rings. The highest BCUT2D eigenvalue weighted by Gasteiger charge is 2.13. The van der Waals surface area contributed by atoms with Gasteiger partial charge in [-0.25, -0.2) is 4.98 Å². The van der Waals surface area contributed by atoms with Crippen LogP contribution in [-0.4, -0.2) is 27.3 Å². The lowest BCUT2D eigenvalue weighted by Gasteiger charge is -2.07. The predicted octanol–water partition coefficient (Wildman–Crippen LogP) is 4.55. The Balaban J connectivity index is 1.43. The molecule has 0 saturated carbocycles. The number of anilines is 1. The van der Waals surface area contributed by atoms with E-state index in [0.29, 0.717) is 30.3 Å². The summed E-state index contributed by atoms with van der Waals surface area (Å²) in [6.07, 6.45) is 3.62. The summed E-state index contributed by atoms with van der Waals surface area (Å²) in [4.78, 5) is 17.0. The molecule has 152 valence electrons. The fourth-order valence-corrected chi connectivity index (χ4v) is 3.01. The van der Waals surface area contributed by atoms with E-state index in [4.69, 9.17) is 9.15 Å². The van der Waals surface area contributed by atoms with E-state index in [1.807, 2.05) is 50.4 Å². The molecule has 2 heterocycles. The highest BCUT2D eigenvalue weighted by Crippen LogP contribution is 2.24. The van der Waals surface area contributed by atoms with Crippen molar-refractivity contribution in [1.29, 1.82) is 0 Å². The number of carbonyl (C=O) groups is 1. The number of hydrogen-bond acceptors (Lipinski definition) is 5. The van der Waals surface area contributed by atoms with Crippen LogP contribution in [0.3, 0.4) is 0 Å². The quantitative estimate of drug-likeness (QED) is 0.491. The van der Waals surface area contributed by atoms with Gasteiger partial charge in [0, 0.05) is 29.2 Å². The second-order valence-corrected chi connectivity index (χ2v) is 6.71. The molecule has 4 aromatic rings. The smallest absolute Gasteiger partial charge is 0.255 e. The molecule has 4 rings (SSSR count). The summed E-state index contributed by atoms with van der Waals surface area (Å²) < 4.78 is 13.0. The first kappa shape index (κ1) is 19.4. The molecular formula is C23H22N4O3. The van der Waals surface area contributed by atoms with Crippen LogP contribution < -0.4 is 10.1 Å². The lowest BCUT2D eigenvalue weighted by molar-refractivity contribution is 0.102. The molecule has 7 heteroatoms. The minimum atomic E-state index is -0.181. The van der Waals surface area contributed by atoms with Crippen LogP contribution in [0.5, 0.6) is 5.75 Å². The standard InChI is InChI=1S/C23H22N4O3/c1-3-29-20-11-7-17(8-12-20)22(28)25-19-9-5-18(6-10-19)23-26-21(16(2)30-23)15-27-14-4-13-24-27/h4-14H,3,15H2,1-2H3,(H,25,28). The largest absolute Gasteiger partial charge is 0.494 e. The number of amides is 1. The minimum Gasteiger partial charge on any atom is -0.494 e. The maximum absolute atomic E-state index is 12.4. The number of aryl methyl sites for hydroxylation is 1. The zero-order chi connectivity index (χ0) is 20.9. The Morgan fingerprint density at radius 1 is 1.13 bits per heavy atom. The van der Waals surface area contributed by atoms with Crippen molar-refractivity contribution in [2.45, 2.75) is 20.4 Å². The van der Waals surface area contributed by atoms with Gasteiger partial charge in [0.2, 0.25) is 5.89 Å². The number of carbonyl (C=O) groups excluding carboxylic acids is 1. The third-order valence-electron chi connectivity index (χ3n) is 4.58. The summed E-state index contributed by atoms with van der Waals surface area (Å²) in [7, 11) is 0. The first-order chi connectivity index (χ1) is 14.6. The van der Waals surface area contributed by atoms with Crippen LogP contribution in [0.15, 0.2) is 71.4 Å². The van der Waals surface area contributed by atoms with Crippen molar-refractivity contribution in [2.24, 2.45) is 0 Å². The Morgan fingerprint density at radius 3 is 2.57 bits per heavy atom. The highest BCUT2D eigenvalue weighted by atomic mass is 16.5. The Bertz CT molecular complexity index is 1110. The van der Waals surface area contributed by atoms with Crippen LogP contribution in [-0.2, 0) is 6.54 Å². The molecule has 0 aliphatic rings. The van der Waals surface area contributed by atoms with Gasteiger partial charge in [0.05, 0.1) is 13.2 Å². The van der Waals surface area contributed by atoms with E-state index >= 15 is 0 Å². The number of oxazole rings is 1. The fraction of sp³-hybridized carbons (Fsp3) is 0.174. The van der Waals surface area contributed by atoms with E-state index in [9.17, 15) is 4.79 Å². The van der Waals surface area contributed by atoms with E-state index in [0.717, 1.165) is 22.8 Å². The van der Waals surface area contributed by atoms with Gasteiger partial charge in [-0.1, -0.05) is 0 Å². The molecule has 2 aromatic carbocycles. The van der Waals surface area contributed by atoms with Gasteiger partial charge in [-0.2, -0.15) is 5.10 Å². The van der Waals surface area contributed by atoms with E-state index in [-0.39, 0.29) is 5.91 Å². The maximum Gasteiger partial charge on any atom is 0.255 e. The number of ether oxygens (including phenoxy) is 1. The maximum atomic E-state index is 12.4. The van der Waals surface area contributed by atoms with Gasteiger partial charge in [-0.05, 0) is 68.4 Å². The van der Waals surface area contributed by atoms with Crippen molar-refractivity contribution >= 4 is 11.6 Å². The van der Waals surface area contributed by atoms with Crippen LogP contribution in [0.1, 0.15) is 28.7 Å². The van der Waals surface area contributed by atoms with E-state index in [1.165, 1.54) is 0 Å². The van der Waals surface area contributed by atoms with Crippen molar-refractivity contribution in [2.75, 3.05) is 11.9 Å². The minimum absolute atomic E-state index is 0.181. The van der Waals surface area contributed by atoms with E-state index < -0.39 is 0 Å². The third kappa shape index (κ3) is 4.41. The molecule has 0 unspecified atom stereocenters. The number of benzene rings is 2. The normalized spacial score (nSPS) is 10.7. The Kier molecular flexibility index (Phi) is 5.61. The Hall–Kier alpha value is -3.87. The summed E-state index contributed by atoms with van der Waals surface area (Å²) in [5, 5.41) is 7.09. The number of hydrogen-bond donors (Lipinski definition) is 1. The van der Waals surface area contributed by atoms with Gasteiger partial charge in [0.25, 0.3) is 5.91 Å². The van der Waals surface area contributed by atoms with Crippen LogP contribution in [0.2, 0.25) is 0 Å². The molecule has 0 aliphatic carbocycles. The molecule has 7 nitrogen and oxygen atoms in total. The summed E-state index contributed by atoms with van der Waals surface area (Å²) in [6.45, 7) is 4.95. The molecule has 1 amide bonds. The van der Waals surface area contributed by atoms with Crippen molar-refractivity contribution in [3.63, 3.8) is 0 Å². The number of nitrogens with zero attached hydrogens (tertiary/aromatic N) is 3. The lowest BCUT2D eigenvalue weighted by atomic mass is 10.1. The number of rotatable bonds is 7. The lowest BCUT2D eigenvalue weighted by Crippen LogP contribution is -2.11. The molecule has 0 atom stereocenters. The van der Waals surface area contributed by atoms with Crippen LogP contribution in [0, 0.1) is 6.92 Å². The van der Waals surface area contributed by atoms with Gasteiger partial charge in [0.15, 0.2) is 0 Å². The monoisotopic (exact) mass is 402 g/mol. The highest BCUT2D eigenvalue weighted by molar-refractivity contribution is 6.04. The molecule has 0 radical (unpaired) electrons. The van der Waals surface area contributed by atoms with Crippen LogP contribution >= 0.6 is 0 Å². The molecular weight excluding hydrogens is 380 g/mol. The second kappa shape index (κ2) is 8.65. The Morgan fingerprint density at radius 2 is 1.90 bits per heavy atom. The van der Waals surface area contributed by atoms with Gasteiger partial charge in [-0.3, -0.25) is 9.48 Å². The summed E-state index contributed by atoms with van der Waals surface area (Å²) in [6, 6.07) is 16.3. The summed E-state index contributed by atoms with van der Waals surface area (Å²) in [5.74, 6) is 1.86. The van der Waals surface area contributed by atoms with Gasteiger partial charge in [-0.15, -0.1) is 0 Å². The third-order valence-corrected chi connectivity index (χ3v) is 4.58. The molecule has 0 spiro atoms. The zero-order valence-electron chi connectivity index (χ0n) is 16.8. The summed E-state index contributed by atoms with van der Waals surface area (Å²) in [5.41, 5.74) is 2.93. The first-order valence-electron chi connectivity index (χ1n) is 9.71. The second-order valence-electron chi connectivity index (χ2n) is 6.71. The van der Waals surface area contributed by atoms with E-state index in [2.05, 4.69) is 15.4 Å².